The van der Waals surface area contributed by atoms with Gasteiger partial charge < -0.3 is 14.6 Å². The van der Waals surface area contributed by atoms with Crippen molar-refractivity contribution in [1.29, 1.82) is 0 Å². The van der Waals surface area contributed by atoms with Crippen molar-refractivity contribution in [3.63, 3.8) is 0 Å². The Morgan fingerprint density at radius 1 is 1.11 bits per heavy atom. The van der Waals surface area contributed by atoms with E-state index in [-0.39, 0.29) is 13.4 Å². The van der Waals surface area contributed by atoms with Crippen LogP contribution in [0.3, 0.4) is 0 Å². The van der Waals surface area contributed by atoms with Crippen LogP contribution in [0.4, 0.5) is 0 Å². The first kappa shape index (κ1) is 11.9. The van der Waals surface area contributed by atoms with Gasteiger partial charge in [0, 0.05) is 11.3 Å². The van der Waals surface area contributed by atoms with E-state index in [0.717, 1.165) is 34.0 Å². The molecule has 1 aromatic carbocycles. The van der Waals surface area contributed by atoms with Crippen LogP contribution in [0.15, 0.2) is 18.2 Å². The number of fused-ring (bicyclic) bond motifs is 1. The predicted molar refractivity (Wildman–Crippen MR) is 69.0 cm³/mol. The number of hydrogen-bond acceptors (Lipinski definition) is 5. The number of nitrogens with zero attached hydrogens (tertiary/aromatic N) is 2. The van der Waals surface area contributed by atoms with Gasteiger partial charge in [-0.1, -0.05) is 0 Å². The molecule has 0 unspecified atom stereocenters. The zero-order chi connectivity index (χ0) is 13.4. The minimum absolute atomic E-state index is 0.168. The Morgan fingerprint density at radius 3 is 2.58 bits per heavy atom. The van der Waals surface area contributed by atoms with Crippen LogP contribution in [0.2, 0.25) is 0 Å². The smallest absolute Gasteiger partial charge is 0.231 e. The molecule has 0 atom stereocenters. The lowest BCUT2D eigenvalue weighted by Crippen LogP contribution is -1.99. The van der Waals surface area contributed by atoms with Gasteiger partial charge in [-0.25, -0.2) is 9.97 Å². The zero-order valence-electron chi connectivity index (χ0n) is 10.8. The maximum absolute atomic E-state index is 9.19. The summed E-state index contributed by atoms with van der Waals surface area (Å²) in [6.07, 6.45) is 0. The van der Waals surface area contributed by atoms with E-state index in [9.17, 15) is 5.11 Å². The molecule has 1 aromatic heterocycles. The average molecular weight is 258 g/mol. The first-order valence-electron chi connectivity index (χ1n) is 6.03. The topological polar surface area (TPSA) is 64.5 Å². The zero-order valence-corrected chi connectivity index (χ0v) is 10.8. The summed E-state index contributed by atoms with van der Waals surface area (Å²) in [7, 11) is 0. The highest BCUT2D eigenvalue weighted by Gasteiger charge is 2.17. The van der Waals surface area contributed by atoms with Crippen LogP contribution in [0.5, 0.6) is 11.5 Å². The number of aliphatic hydroxyl groups excluding tert-OH is 1. The molecule has 0 amide bonds. The van der Waals surface area contributed by atoms with Crippen molar-refractivity contribution in [3.8, 4) is 22.8 Å². The Bertz CT molecular complexity index is 641. The fraction of sp³-hybridized carbons (Fsp3) is 0.286. The lowest BCUT2D eigenvalue weighted by molar-refractivity contribution is 0.174. The third kappa shape index (κ3) is 2.13. The Morgan fingerprint density at radius 2 is 1.84 bits per heavy atom. The van der Waals surface area contributed by atoms with Gasteiger partial charge >= 0.3 is 0 Å². The van der Waals surface area contributed by atoms with Gasteiger partial charge in [0.15, 0.2) is 17.3 Å². The molecular formula is C14H14N2O3. The van der Waals surface area contributed by atoms with Crippen LogP contribution in [-0.4, -0.2) is 21.9 Å². The van der Waals surface area contributed by atoms with E-state index in [1.807, 2.05) is 32.0 Å². The van der Waals surface area contributed by atoms with Crippen molar-refractivity contribution >= 4 is 0 Å². The molecule has 0 bridgehead atoms. The highest BCUT2D eigenvalue weighted by Crippen LogP contribution is 2.37. The standard InChI is InChI=1S/C14H14N2O3/c1-8-3-12-13(19-7-18-12)5-10(8)11-4-9(2)15-14(6-17)16-11/h3-5,17H,6-7H2,1-2H3. The van der Waals surface area contributed by atoms with Crippen LogP contribution in [0.25, 0.3) is 11.3 Å². The Balaban J connectivity index is 2.14. The molecule has 98 valence electrons. The quantitative estimate of drug-likeness (QED) is 0.892. The molecule has 19 heavy (non-hydrogen) atoms. The molecule has 0 fully saturated rings. The molecule has 1 N–H and O–H groups in total. The van der Waals surface area contributed by atoms with Crippen LogP contribution < -0.4 is 9.47 Å². The first-order chi connectivity index (χ1) is 9.17. The van der Waals surface area contributed by atoms with E-state index in [0.29, 0.717) is 5.82 Å². The number of aromatic nitrogens is 2. The first-order valence-corrected chi connectivity index (χ1v) is 6.03. The third-order valence-electron chi connectivity index (χ3n) is 3.04. The van der Waals surface area contributed by atoms with Gasteiger partial charge in [0.25, 0.3) is 0 Å². The van der Waals surface area contributed by atoms with E-state index < -0.39 is 0 Å². The maximum Gasteiger partial charge on any atom is 0.231 e. The second kappa shape index (κ2) is 4.51. The van der Waals surface area contributed by atoms with Crippen molar-refractivity contribution in [2.24, 2.45) is 0 Å². The minimum atomic E-state index is -0.168. The fourth-order valence-corrected chi connectivity index (χ4v) is 2.16. The van der Waals surface area contributed by atoms with Gasteiger partial charge in [-0.15, -0.1) is 0 Å². The number of hydrogen-bond donors (Lipinski definition) is 1. The van der Waals surface area contributed by atoms with E-state index >= 15 is 0 Å². The largest absolute Gasteiger partial charge is 0.454 e. The summed E-state index contributed by atoms with van der Waals surface area (Å²) in [4.78, 5) is 8.51. The number of rotatable bonds is 2. The molecule has 2 aromatic rings. The van der Waals surface area contributed by atoms with Crippen molar-refractivity contribution in [3.05, 3.63) is 35.3 Å². The molecular weight excluding hydrogens is 244 g/mol. The van der Waals surface area contributed by atoms with Crippen molar-refractivity contribution in [2.45, 2.75) is 20.5 Å². The van der Waals surface area contributed by atoms with Crippen LogP contribution in [0, 0.1) is 13.8 Å². The van der Waals surface area contributed by atoms with Crippen molar-refractivity contribution < 1.29 is 14.6 Å². The maximum atomic E-state index is 9.19. The average Bonchev–Trinajstić information content (AvgIpc) is 2.84. The second-order valence-electron chi connectivity index (χ2n) is 4.49. The lowest BCUT2D eigenvalue weighted by atomic mass is 10.0. The normalized spacial score (nSPS) is 12.8. The van der Waals surface area contributed by atoms with E-state index in [2.05, 4.69) is 9.97 Å². The molecule has 2 heterocycles. The van der Waals surface area contributed by atoms with Crippen molar-refractivity contribution in [1.82, 2.24) is 9.97 Å². The fourth-order valence-electron chi connectivity index (χ4n) is 2.16. The van der Waals surface area contributed by atoms with Crippen molar-refractivity contribution in [2.75, 3.05) is 6.79 Å². The second-order valence-corrected chi connectivity index (χ2v) is 4.49. The third-order valence-corrected chi connectivity index (χ3v) is 3.04. The number of aryl methyl sites for hydroxylation is 2. The molecule has 0 saturated heterocycles. The summed E-state index contributed by atoms with van der Waals surface area (Å²) in [5.41, 5.74) is 3.62. The van der Waals surface area contributed by atoms with E-state index in [1.165, 1.54) is 0 Å². The molecule has 0 radical (unpaired) electrons. The SMILES string of the molecule is Cc1cc(-c2cc3c(cc2C)OCO3)nc(CO)n1. The summed E-state index contributed by atoms with van der Waals surface area (Å²) in [6.45, 7) is 3.96. The Hall–Kier alpha value is -2.14. The van der Waals surface area contributed by atoms with Crippen LogP contribution in [-0.2, 0) is 6.61 Å². The number of ether oxygens (including phenoxy) is 2. The van der Waals surface area contributed by atoms with Gasteiger partial charge in [-0.3, -0.25) is 0 Å². The van der Waals surface area contributed by atoms with E-state index in [1.54, 1.807) is 0 Å². The van der Waals surface area contributed by atoms with Crippen LogP contribution >= 0.6 is 0 Å². The molecule has 5 nitrogen and oxygen atoms in total. The molecule has 5 heteroatoms. The summed E-state index contributed by atoms with van der Waals surface area (Å²) < 4.78 is 10.7. The highest BCUT2D eigenvalue weighted by atomic mass is 16.7. The summed E-state index contributed by atoms with van der Waals surface area (Å²) in [5.74, 6) is 1.91. The lowest BCUT2D eigenvalue weighted by Gasteiger charge is -2.09. The molecule has 0 aliphatic carbocycles. The number of benzene rings is 1. The Kier molecular flexibility index (Phi) is 2.83. The molecule has 1 aliphatic heterocycles. The number of aliphatic hydroxyl groups is 1. The summed E-state index contributed by atoms with van der Waals surface area (Å²) in [6, 6.07) is 5.75. The van der Waals surface area contributed by atoms with Gasteiger partial charge in [0.05, 0.1) is 5.69 Å². The molecule has 3 rings (SSSR count). The molecule has 0 spiro atoms. The van der Waals surface area contributed by atoms with Crippen LogP contribution in [0.1, 0.15) is 17.1 Å². The highest BCUT2D eigenvalue weighted by molar-refractivity contribution is 5.68. The van der Waals surface area contributed by atoms with E-state index in [4.69, 9.17) is 9.47 Å². The van der Waals surface area contributed by atoms with Gasteiger partial charge in [-0.05, 0) is 37.6 Å². The van der Waals surface area contributed by atoms with Gasteiger partial charge in [0.1, 0.15) is 6.61 Å². The molecule has 1 aliphatic rings. The minimum Gasteiger partial charge on any atom is -0.454 e. The summed E-state index contributed by atoms with van der Waals surface area (Å²) in [5, 5.41) is 9.19. The monoisotopic (exact) mass is 258 g/mol. The van der Waals surface area contributed by atoms with Gasteiger partial charge in [-0.2, -0.15) is 0 Å². The van der Waals surface area contributed by atoms with Gasteiger partial charge in [0.2, 0.25) is 6.79 Å². The molecule has 0 saturated carbocycles. The predicted octanol–water partition coefficient (Wildman–Crippen LogP) is 1.98. The summed E-state index contributed by atoms with van der Waals surface area (Å²) >= 11 is 0. The Labute approximate surface area is 110 Å².